The molecule has 1 N–H and O–H groups in total. The Morgan fingerprint density at radius 2 is 2.27 bits per heavy atom. The maximum Gasteiger partial charge on any atom is 0.00400 e. The highest BCUT2D eigenvalue weighted by atomic mass is 14.9. The zero-order valence-electron chi connectivity index (χ0n) is 7.91. The second kappa shape index (κ2) is 3.40. The Balaban J connectivity index is 2.67. The quantitative estimate of drug-likeness (QED) is 0.570. The van der Waals surface area contributed by atoms with Crippen LogP contribution in [0.4, 0.5) is 0 Å². The molecule has 1 rings (SSSR count). The normalized spacial score (nSPS) is 27.4. The van der Waals surface area contributed by atoms with Gasteiger partial charge in [-0.3, -0.25) is 0 Å². The van der Waals surface area contributed by atoms with Crippen molar-refractivity contribution in [2.45, 2.75) is 33.6 Å². The molecule has 0 aromatic heterocycles. The molecule has 0 aromatic carbocycles. The highest BCUT2D eigenvalue weighted by Crippen LogP contribution is 2.30. The van der Waals surface area contributed by atoms with Gasteiger partial charge in [0.25, 0.3) is 0 Å². The van der Waals surface area contributed by atoms with Gasteiger partial charge in [-0.05, 0) is 24.8 Å². The zero-order valence-corrected chi connectivity index (χ0v) is 7.91. The summed E-state index contributed by atoms with van der Waals surface area (Å²) in [6.45, 7) is 9.15. The Hall–Kier alpha value is -0.300. The number of hydrogen-bond donors (Lipinski definition) is 1. The molecule has 1 aliphatic rings. The Kier molecular flexibility index (Phi) is 2.72. The van der Waals surface area contributed by atoms with Crippen LogP contribution in [0.3, 0.4) is 0 Å². The van der Waals surface area contributed by atoms with Crippen LogP contribution in [0.25, 0.3) is 0 Å². The summed E-state index contributed by atoms with van der Waals surface area (Å²) >= 11 is 0. The lowest BCUT2D eigenvalue weighted by Gasteiger charge is -2.33. The molecular formula is C10H19N. The number of rotatable bonds is 1. The van der Waals surface area contributed by atoms with Crippen LogP contribution in [0, 0.1) is 5.41 Å². The monoisotopic (exact) mass is 153 g/mol. The van der Waals surface area contributed by atoms with E-state index >= 15 is 0 Å². The predicted molar refractivity (Wildman–Crippen MR) is 49.6 cm³/mol. The van der Waals surface area contributed by atoms with Crippen molar-refractivity contribution in [3.63, 3.8) is 0 Å². The molecular weight excluding hydrogens is 134 g/mol. The van der Waals surface area contributed by atoms with Crippen molar-refractivity contribution in [3.8, 4) is 0 Å². The Morgan fingerprint density at radius 3 is 2.82 bits per heavy atom. The smallest absolute Gasteiger partial charge is 0.00400 e. The second-order valence-electron chi connectivity index (χ2n) is 3.95. The fourth-order valence-electron chi connectivity index (χ4n) is 1.70. The first kappa shape index (κ1) is 8.79. The molecule has 0 atom stereocenters. The van der Waals surface area contributed by atoms with Crippen LogP contribution in [0.15, 0.2) is 11.6 Å². The van der Waals surface area contributed by atoms with E-state index in [-0.39, 0.29) is 0 Å². The summed E-state index contributed by atoms with van der Waals surface area (Å²) < 4.78 is 0. The Labute approximate surface area is 69.9 Å². The minimum atomic E-state index is 0.397. The second-order valence-corrected chi connectivity index (χ2v) is 3.95. The van der Waals surface area contributed by atoms with Gasteiger partial charge in [0.1, 0.15) is 0 Å². The summed E-state index contributed by atoms with van der Waals surface area (Å²) in [5.74, 6) is 0. The van der Waals surface area contributed by atoms with E-state index in [1.54, 1.807) is 5.57 Å². The first-order valence-corrected chi connectivity index (χ1v) is 4.57. The van der Waals surface area contributed by atoms with Gasteiger partial charge in [0, 0.05) is 6.54 Å². The molecule has 0 saturated carbocycles. The van der Waals surface area contributed by atoms with Crippen molar-refractivity contribution >= 4 is 0 Å². The molecule has 0 aromatic rings. The molecule has 1 saturated heterocycles. The minimum absolute atomic E-state index is 0.397. The third-order valence-electron chi connectivity index (χ3n) is 2.46. The third-order valence-corrected chi connectivity index (χ3v) is 2.46. The van der Waals surface area contributed by atoms with Crippen molar-refractivity contribution in [2.24, 2.45) is 5.41 Å². The number of allylic oxidation sites excluding steroid dienone is 1. The van der Waals surface area contributed by atoms with Crippen LogP contribution >= 0.6 is 0 Å². The Morgan fingerprint density at radius 1 is 1.55 bits per heavy atom. The van der Waals surface area contributed by atoms with Gasteiger partial charge in [-0.2, -0.15) is 0 Å². The van der Waals surface area contributed by atoms with E-state index in [2.05, 4.69) is 32.2 Å². The SMILES string of the molecule is CCC=C1CCNCC1(C)C. The molecule has 1 nitrogen and oxygen atoms in total. The van der Waals surface area contributed by atoms with Crippen LogP contribution in [0.2, 0.25) is 0 Å². The summed E-state index contributed by atoms with van der Waals surface area (Å²) in [6, 6.07) is 0. The highest BCUT2D eigenvalue weighted by Gasteiger charge is 2.25. The minimum Gasteiger partial charge on any atom is -0.316 e. The van der Waals surface area contributed by atoms with E-state index in [4.69, 9.17) is 0 Å². The van der Waals surface area contributed by atoms with Crippen molar-refractivity contribution in [1.82, 2.24) is 5.32 Å². The molecule has 0 radical (unpaired) electrons. The molecule has 0 unspecified atom stereocenters. The Bertz CT molecular complexity index is 156. The molecule has 0 amide bonds. The fourth-order valence-corrected chi connectivity index (χ4v) is 1.70. The van der Waals surface area contributed by atoms with Crippen LogP contribution in [-0.2, 0) is 0 Å². The van der Waals surface area contributed by atoms with Crippen LogP contribution < -0.4 is 5.32 Å². The maximum absolute atomic E-state index is 3.42. The predicted octanol–water partition coefficient (Wildman–Crippen LogP) is 2.34. The molecule has 1 fully saturated rings. The van der Waals surface area contributed by atoms with Gasteiger partial charge in [0.15, 0.2) is 0 Å². The van der Waals surface area contributed by atoms with Gasteiger partial charge in [0.2, 0.25) is 0 Å². The van der Waals surface area contributed by atoms with Crippen molar-refractivity contribution < 1.29 is 0 Å². The molecule has 1 aliphatic heterocycles. The van der Waals surface area contributed by atoms with Crippen molar-refractivity contribution in [3.05, 3.63) is 11.6 Å². The summed E-state index contributed by atoms with van der Waals surface area (Å²) in [5.41, 5.74) is 2.03. The zero-order chi connectivity index (χ0) is 8.32. The topological polar surface area (TPSA) is 12.0 Å². The lowest BCUT2D eigenvalue weighted by molar-refractivity contribution is 0.356. The van der Waals surface area contributed by atoms with Gasteiger partial charge in [0.05, 0.1) is 0 Å². The first-order chi connectivity index (χ1) is 5.17. The number of piperidine rings is 1. The lowest BCUT2D eigenvalue weighted by Crippen LogP contribution is -2.37. The van der Waals surface area contributed by atoms with E-state index in [9.17, 15) is 0 Å². The summed E-state index contributed by atoms with van der Waals surface area (Å²) in [7, 11) is 0. The van der Waals surface area contributed by atoms with E-state index in [0.717, 1.165) is 13.1 Å². The molecule has 0 aliphatic carbocycles. The summed E-state index contributed by atoms with van der Waals surface area (Å²) in [6.07, 6.45) is 4.81. The molecule has 0 spiro atoms. The average molecular weight is 153 g/mol. The molecule has 11 heavy (non-hydrogen) atoms. The van der Waals surface area contributed by atoms with E-state index in [1.807, 2.05) is 0 Å². The molecule has 64 valence electrons. The average Bonchev–Trinajstić information content (AvgIpc) is 1.94. The first-order valence-electron chi connectivity index (χ1n) is 4.57. The van der Waals surface area contributed by atoms with Crippen LogP contribution in [0.1, 0.15) is 33.6 Å². The highest BCUT2D eigenvalue weighted by molar-refractivity contribution is 5.15. The van der Waals surface area contributed by atoms with E-state index < -0.39 is 0 Å². The van der Waals surface area contributed by atoms with Gasteiger partial charge >= 0.3 is 0 Å². The van der Waals surface area contributed by atoms with Crippen molar-refractivity contribution in [1.29, 1.82) is 0 Å². The van der Waals surface area contributed by atoms with E-state index in [0.29, 0.717) is 5.41 Å². The van der Waals surface area contributed by atoms with Crippen molar-refractivity contribution in [2.75, 3.05) is 13.1 Å². The van der Waals surface area contributed by atoms with Gasteiger partial charge in [-0.25, -0.2) is 0 Å². The fraction of sp³-hybridized carbons (Fsp3) is 0.800. The largest absolute Gasteiger partial charge is 0.316 e. The van der Waals surface area contributed by atoms with Gasteiger partial charge < -0.3 is 5.32 Å². The number of hydrogen-bond acceptors (Lipinski definition) is 1. The maximum atomic E-state index is 3.42. The third kappa shape index (κ3) is 2.06. The van der Waals surface area contributed by atoms with Gasteiger partial charge in [-0.15, -0.1) is 0 Å². The van der Waals surface area contributed by atoms with Crippen LogP contribution in [0.5, 0.6) is 0 Å². The molecule has 1 heteroatoms. The van der Waals surface area contributed by atoms with Crippen LogP contribution in [-0.4, -0.2) is 13.1 Å². The molecule has 1 heterocycles. The summed E-state index contributed by atoms with van der Waals surface area (Å²) in [5, 5.41) is 3.42. The number of nitrogens with one attached hydrogen (secondary N) is 1. The lowest BCUT2D eigenvalue weighted by atomic mass is 9.79. The molecule has 0 bridgehead atoms. The van der Waals surface area contributed by atoms with E-state index in [1.165, 1.54) is 12.8 Å². The standard InChI is InChI=1S/C10H19N/c1-4-5-9-6-7-11-8-10(9,2)3/h5,11H,4,6-8H2,1-3H3. The summed E-state index contributed by atoms with van der Waals surface area (Å²) in [4.78, 5) is 0. The van der Waals surface area contributed by atoms with Gasteiger partial charge in [-0.1, -0.05) is 32.4 Å².